The number of nitrogens with zero attached hydrogens (tertiary/aromatic N) is 2. The lowest BCUT2D eigenvalue weighted by molar-refractivity contribution is 0.0596. The van der Waals surface area contributed by atoms with Crippen molar-refractivity contribution < 1.29 is 13.9 Å². The highest BCUT2D eigenvalue weighted by Crippen LogP contribution is 2.23. The molecule has 0 saturated heterocycles. The van der Waals surface area contributed by atoms with Crippen LogP contribution in [0.4, 0.5) is 10.2 Å². The van der Waals surface area contributed by atoms with Crippen LogP contribution < -0.4 is 5.73 Å². The lowest BCUT2D eigenvalue weighted by atomic mass is 10.2. The van der Waals surface area contributed by atoms with Gasteiger partial charge < -0.3 is 10.5 Å². The maximum atomic E-state index is 14.0. The molecule has 0 radical (unpaired) electrons. The molecule has 0 spiro atoms. The number of anilines is 1. The first-order valence-electron chi connectivity index (χ1n) is 5.65. The van der Waals surface area contributed by atoms with E-state index in [0.717, 1.165) is 5.56 Å². The first-order chi connectivity index (χ1) is 8.95. The second-order valence-corrected chi connectivity index (χ2v) is 4.17. The zero-order valence-electron chi connectivity index (χ0n) is 10.9. The molecule has 0 atom stereocenters. The number of carbonyl (C=O) groups excluding carboxylic acids is 1. The number of methoxy groups -OCH3 is 1. The minimum Gasteiger partial charge on any atom is -0.464 e. The van der Waals surface area contributed by atoms with E-state index in [0.29, 0.717) is 5.82 Å². The molecular weight excluding hydrogens is 249 g/mol. The number of nitrogen functional groups attached to an aromatic ring is 1. The number of hydrogen-bond donors (Lipinski definition) is 1. The summed E-state index contributed by atoms with van der Waals surface area (Å²) in [6, 6.07) is 4.75. The highest BCUT2D eigenvalue weighted by Gasteiger charge is 2.21. The van der Waals surface area contributed by atoms with Crippen LogP contribution in [0.1, 0.15) is 21.9 Å². The second-order valence-electron chi connectivity index (χ2n) is 4.17. The first kappa shape index (κ1) is 13.1. The summed E-state index contributed by atoms with van der Waals surface area (Å²) in [5, 5.41) is 0. The van der Waals surface area contributed by atoms with Crippen molar-refractivity contribution in [1.29, 1.82) is 0 Å². The third-order valence-electron chi connectivity index (χ3n) is 2.80. The number of halogens is 1. The highest BCUT2D eigenvalue weighted by atomic mass is 19.1. The topological polar surface area (TPSA) is 70.1 Å². The number of aromatic nitrogens is 2. The molecule has 0 aliphatic heterocycles. The molecule has 1 aromatic carbocycles. The summed E-state index contributed by atoms with van der Waals surface area (Å²) in [6.45, 7) is 3.43. The van der Waals surface area contributed by atoms with E-state index in [1.165, 1.54) is 17.7 Å². The minimum atomic E-state index is -0.646. The summed E-state index contributed by atoms with van der Waals surface area (Å²) < 4.78 is 19.9. The van der Waals surface area contributed by atoms with Crippen LogP contribution in [0, 0.1) is 19.7 Å². The summed E-state index contributed by atoms with van der Waals surface area (Å²) in [5.41, 5.74) is 6.89. The monoisotopic (exact) mass is 263 g/mol. The number of nitrogens with two attached hydrogens (primary N) is 1. The summed E-state index contributed by atoms with van der Waals surface area (Å²) in [4.78, 5) is 15.5. The van der Waals surface area contributed by atoms with Gasteiger partial charge in [0.15, 0.2) is 5.69 Å². The molecule has 2 rings (SSSR count). The average molecular weight is 263 g/mol. The summed E-state index contributed by atoms with van der Waals surface area (Å²) in [7, 11) is 1.24. The molecule has 100 valence electrons. The normalized spacial score (nSPS) is 10.5. The van der Waals surface area contributed by atoms with Crippen LogP contribution in [-0.4, -0.2) is 22.6 Å². The number of carbonyl (C=O) groups is 1. The number of esters is 1. The van der Waals surface area contributed by atoms with Gasteiger partial charge in [0.2, 0.25) is 0 Å². The Morgan fingerprint density at radius 3 is 2.68 bits per heavy atom. The van der Waals surface area contributed by atoms with Crippen molar-refractivity contribution in [3.63, 3.8) is 0 Å². The second kappa shape index (κ2) is 4.72. The van der Waals surface area contributed by atoms with Crippen LogP contribution in [0.2, 0.25) is 0 Å². The van der Waals surface area contributed by atoms with Crippen molar-refractivity contribution in [3.05, 3.63) is 41.1 Å². The van der Waals surface area contributed by atoms with Crippen LogP contribution in [0.15, 0.2) is 18.2 Å². The largest absolute Gasteiger partial charge is 0.464 e. The van der Waals surface area contributed by atoms with E-state index in [4.69, 9.17) is 5.73 Å². The fraction of sp³-hybridized carbons (Fsp3) is 0.231. The Balaban J connectivity index is 2.63. The third-order valence-corrected chi connectivity index (χ3v) is 2.80. The SMILES string of the molecule is COC(=O)c1nc(C)n(-c2ccc(C)cc2F)c1N. The summed E-state index contributed by atoms with van der Waals surface area (Å²) >= 11 is 0. The Hall–Kier alpha value is -2.37. The Bertz CT molecular complexity index is 650. The Kier molecular flexibility index (Phi) is 3.25. The van der Waals surface area contributed by atoms with Gasteiger partial charge in [0.1, 0.15) is 17.5 Å². The van der Waals surface area contributed by atoms with Gasteiger partial charge in [-0.05, 0) is 31.5 Å². The number of imidazole rings is 1. The van der Waals surface area contributed by atoms with E-state index < -0.39 is 11.8 Å². The zero-order chi connectivity index (χ0) is 14.2. The zero-order valence-corrected chi connectivity index (χ0v) is 10.9. The molecule has 1 heterocycles. The van der Waals surface area contributed by atoms with Gasteiger partial charge in [0.25, 0.3) is 0 Å². The number of aryl methyl sites for hydroxylation is 2. The van der Waals surface area contributed by atoms with E-state index in [9.17, 15) is 9.18 Å². The van der Waals surface area contributed by atoms with Crippen LogP contribution in [0.5, 0.6) is 0 Å². The van der Waals surface area contributed by atoms with Gasteiger partial charge in [-0.15, -0.1) is 0 Å². The van der Waals surface area contributed by atoms with Gasteiger partial charge in [-0.1, -0.05) is 6.07 Å². The average Bonchev–Trinajstić information content (AvgIpc) is 2.65. The maximum Gasteiger partial charge on any atom is 0.360 e. The van der Waals surface area contributed by atoms with Crippen LogP contribution in [-0.2, 0) is 4.74 Å². The van der Waals surface area contributed by atoms with Crippen LogP contribution in [0.25, 0.3) is 5.69 Å². The molecule has 2 N–H and O–H groups in total. The van der Waals surface area contributed by atoms with E-state index in [2.05, 4.69) is 9.72 Å². The Morgan fingerprint density at radius 1 is 1.42 bits per heavy atom. The van der Waals surface area contributed by atoms with Crippen molar-refractivity contribution in [2.75, 3.05) is 12.8 Å². The quantitative estimate of drug-likeness (QED) is 0.841. The third kappa shape index (κ3) is 2.16. The molecule has 5 nitrogen and oxygen atoms in total. The van der Waals surface area contributed by atoms with Gasteiger partial charge in [-0.2, -0.15) is 0 Å². The molecule has 2 aromatic rings. The van der Waals surface area contributed by atoms with Crippen LogP contribution >= 0.6 is 0 Å². The molecular formula is C13H14FN3O2. The Morgan fingerprint density at radius 2 is 2.11 bits per heavy atom. The molecule has 6 heteroatoms. The van der Waals surface area contributed by atoms with E-state index >= 15 is 0 Å². The number of rotatable bonds is 2. The van der Waals surface area contributed by atoms with E-state index in [1.54, 1.807) is 26.0 Å². The predicted octanol–water partition coefficient (Wildman–Crippen LogP) is 2.00. The lowest BCUT2D eigenvalue weighted by Crippen LogP contribution is -2.08. The van der Waals surface area contributed by atoms with Crippen molar-refractivity contribution in [3.8, 4) is 5.69 Å². The predicted molar refractivity (Wildman–Crippen MR) is 68.7 cm³/mol. The number of benzene rings is 1. The first-order valence-corrected chi connectivity index (χ1v) is 5.65. The molecule has 0 aliphatic carbocycles. The lowest BCUT2D eigenvalue weighted by Gasteiger charge is -2.09. The molecule has 0 unspecified atom stereocenters. The highest BCUT2D eigenvalue weighted by molar-refractivity contribution is 5.92. The van der Waals surface area contributed by atoms with Gasteiger partial charge in [-0.3, -0.25) is 4.57 Å². The molecule has 19 heavy (non-hydrogen) atoms. The van der Waals surface area contributed by atoms with E-state index in [1.807, 2.05) is 0 Å². The molecule has 0 aliphatic rings. The number of ether oxygens (including phenoxy) is 1. The fourth-order valence-electron chi connectivity index (χ4n) is 1.89. The van der Waals surface area contributed by atoms with Gasteiger partial charge in [0.05, 0.1) is 12.8 Å². The van der Waals surface area contributed by atoms with E-state index in [-0.39, 0.29) is 17.2 Å². The van der Waals surface area contributed by atoms with Crippen molar-refractivity contribution >= 4 is 11.8 Å². The molecule has 0 fully saturated rings. The van der Waals surface area contributed by atoms with Crippen LogP contribution in [0.3, 0.4) is 0 Å². The van der Waals surface area contributed by atoms with Crippen molar-refractivity contribution in [2.24, 2.45) is 0 Å². The van der Waals surface area contributed by atoms with Gasteiger partial charge in [0, 0.05) is 0 Å². The Labute approximate surface area is 109 Å². The molecule has 0 amide bonds. The molecule has 0 bridgehead atoms. The fourth-order valence-corrected chi connectivity index (χ4v) is 1.89. The van der Waals surface area contributed by atoms with Crippen molar-refractivity contribution in [1.82, 2.24) is 9.55 Å². The number of hydrogen-bond acceptors (Lipinski definition) is 4. The molecule has 1 aromatic heterocycles. The minimum absolute atomic E-state index is 0.0139. The maximum absolute atomic E-state index is 14.0. The van der Waals surface area contributed by atoms with Gasteiger partial charge in [-0.25, -0.2) is 14.2 Å². The van der Waals surface area contributed by atoms with Gasteiger partial charge >= 0.3 is 5.97 Å². The summed E-state index contributed by atoms with van der Waals surface area (Å²) in [6.07, 6.45) is 0. The smallest absolute Gasteiger partial charge is 0.360 e. The molecule has 0 saturated carbocycles. The standard InChI is InChI=1S/C13H14FN3O2/c1-7-4-5-10(9(14)6-7)17-8(2)16-11(12(17)15)13(18)19-3/h4-6H,15H2,1-3H3. The van der Waals surface area contributed by atoms with Crippen molar-refractivity contribution in [2.45, 2.75) is 13.8 Å². The summed E-state index contributed by atoms with van der Waals surface area (Å²) in [5.74, 6) is -0.594.